The first-order chi connectivity index (χ1) is 15.8. The van der Waals surface area contributed by atoms with Crippen molar-refractivity contribution in [2.24, 2.45) is 0 Å². The number of aryl methyl sites for hydroxylation is 2. The number of benzene rings is 2. The topological polar surface area (TPSA) is 94.0 Å². The molecule has 0 bridgehead atoms. The van der Waals surface area contributed by atoms with Crippen molar-refractivity contribution < 1.29 is 13.2 Å². The van der Waals surface area contributed by atoms with E-state index in [1.54, 1.807) is 23.3 Å². The molecule has 9 heteroatoms. The molecular formula is C24H21IN4O3S. The van der Waals surface area contributed by atoms with Crippen LogP contribution in [-0.2, 0) is 16.4 Å². The van der Waals surface area contributed by atoms with E-state index in [1.807, 2.05) is 43.3 Å². The largest absolute Gasteiger partial charge is 0.336 e. The molecule has 0 radical (unpaired) electrons. The van der Waals surface area contributed by atoms with Gasteiger partial charge in [-0.3, -0.25) is 9.78 Å². The Morgan fingerprint density at radius 3 is 2.52 bits per heavy atom. The first kappa shape index (κ1) is 23.1. The zero-order valence-electron chi connectivity index (χ0n) is 17.8. The average molecular weight is 572 g/mol. The lowest BCUT2D eigenvalue weighted by Gasteiger charge is -2.10. The van der Waals surface area contributed by atoms with E-state index in [0.717, 1.165) is 20.5 Å². The molecule has 4 rings (SSSR count). The van der Waals surface area contributed by atoms with Crippen LogP contribution in [-0.4, -0.2) is 34.6 Å². The molecule has 0 aliphatic heterocycles. The molecule has 0 saturated heterocycles. The molecule has 2 heterocycles. The van der Waals surface area contributed by atoms with Crippen LogP contribution >= 0.6 is 22.6 Å². The summed E-state index contributed by atoms with van der Waals surface area (Å²) in [5.74, 6) is -0.367. The van der Waals surface area contributed by atoms with Crippen molar-refractivity contribution in [2.45, 2.75) is 18.4 Å². The van der Waals surface area contributed by atoms with Crippen LogP contribution in [0, 0.1) is 10.5 Å². The van der Waals surface area contributed by atoms with Crippen LogP contribution in [0.5, 0.6) is 0 Å². The highest BCUT2D eigenvalue weighted by molar-refractivity contribution is 14.1. The van der Waals surface area contributed by atoms with Crippen molar-refractivity contribution in [3.05, 3.63) is 94.2 Å². The number of nitrogens with one attached hydrogen (secondary N) is 1. The van der Waals surface area contributed by atoms with Crippen molar-refractivity contribution in [1.82, 2.24) is 14.5 Å². The van der Waals surface area contributed by atoms with Crippen LogP contribution < -0.4 is 5.32 Å². The number of nitrogens with zero attached hydrogens (tertiary/aromatic N) is 3. The predicted molar refractivity (Wildman–Crippen MR) is 136 cm³/mol. The van der Waals surface area contributed by atoms with Crippen molar-refractivity contribution in [3.63, 3.8) is 0 Å². The maximum atomic E-state index is 12.7. The monoisotopic (exact) mass is 572 g/mol. The van der Waals surface area contributed by atoms with Crippen molar-refractivity contribution in [3.8, 4) is 11.3 Å². The number of pyridine rings is 1. The minimum absolute atomic E-state index is 0.0483. The first-order valence-electron chi connectivity index (χ1n) is 10.2. The number of aromatic nitrogens is 3. The molecule has 0 atom stereocenters. The highest BCUT2D eigenvalue weighted by atomic mass is 127. The Bertz CT molecular complexity index is 1380. The SMILES string of the molecule is Cc1cn(CCS(=O)(=O)c2ccc(C(=O)Nc3ccc(I)c(-c4ccccn4)c3)cc2)cn1. The molecule has 33 heavy (non-hydrogen) atoms. The van der Waals surface area contributed by atoms with E-state index in [-0.39, 0.29) is 16.6 Å². The van der Waals surface area contributed by atoms with Gasteiger partial charge in [-0.15, -0.1) is 0 Å². The number of amides is 1. The summed E-state index contributed by atoms with van der Waals surface area (Å²) in [5.41, 5.74) is 3.58. The number of hydrogen-bond donors (Lipinski definition) is 1. The summed E-state index contributed by atoms with van der Waals surface area (Å²) in [6, 6.07) is 17.3. The van der Waals surface area contributed by atoms with Gasteiger partial charge in [0, 0.05) is 39.3 Å². The van der Waals surface area contributed by atoms with Gasteiger partial charge in [0.2, 0.25) is 0 Å². The van der Waals surface area contributed by atoms with Crippen LogP contribution in [0.1, 0.15) is 16.1 Å². The van der Waals surface area contributed by atoms with Gasteiger partial charge in [0.05, 0.1) is 28.4 Å². The molecule has 0 aliphatic carbocycles. The first-order valence-corrected chi connectivity index (χ1v) is 12.9. The van der Waals surface area contributed by atoms with E-state index < -0.39 is 9.84 Å². The van der Waals surface area contributed by atoms with Crippen LogP contribution in [0.25, 0.3) is 11.3 Å². The average Bonchev–Trinajstić information content (AvgIpc) is 3.25. The summed E-state index contributed by atoms with van der Waals surface area (Å²) in [6.45, 7) is 2.17. The zero-order chi connectivity index (χ0) is 23.4. The van der Waals surface area contributed by atoms with Crippen molar-refractivity contribution >= 4 is 44.0 Å². The van der Waals surface area contributed by atoms with Gasteiger partial charge in [-0.1, -0.05) is 6.07 Å². The van der Waals surface area contributed by atoms with Gasteiger partial charge >= 0.3 is 0 Å². The van der Waals surface area contributed by atoms with E-state index in [4.69, 9.17) is 0 Å². The maximum Gasteiger partial charge on any atom is 0.255 e. The number of rotatable bonds is 7. The number of imidazole rings is 1. The van der Waals surface area contributed by atoms with Gasteiger partial charge in [-0.2, -0.15) is 0 Å². The molecule has 2 aromatic carbocycles. The predicted octanol–water partition coefficient (Wildman–Crippen LogP) is 4.58. The molecule has 7 nitrogen and oxygen atoms in total. The molecule has 1 amide bonds. The summed E-state index contributed by atoms with van der Waals surface area (Å²) in [4.78, 5) is 21.4. The maximum absolute atomic E-state index is 12.7. The third-order valence-electron chi connectivity index (χ3n) is 5.02. The zero-order valence-corrected chi connectivity index (χ0v) is 20.7. The Labute approximate surface area is 206 Å². The molecular weight excluding hydrogens is 551 g/mol. The Morgan fingerprint density at radius 2 is 1.85 bits per heavy atom. The number of anilines is 1. The normalized spacial score (nSPS) is 11.3. The molecule has 0 spiro atoms. The minimum atomic E-state index is -3.48. The molecule has 4 aromatic rings. The smallest absolute Gasteiger partial charge is 0.255 e. The van der Waals surface area contributed by atoms with Gasteiger partial charge in [0.1, 0.15) is 0 Å². The Morgan fingerprint density at radius 1 is 1.06 bits per heavy atom. The number of carbonyl (C=O) groups is 1. The van der Waals surface area contributed by atoms with Crippen molar-refractivity contribution in [1.29, 1.82) is 0 Å². The fourth-order valence-corrected chi connectivity index (χ4v) is 5.13. The second-order valence-corrected chi connectivity index (χ2v) is 10.7. The van der Waals surface area contributed by atoms with Gasteiger partial charge in [0.15, 0.2) is 9.84 Å². The molecule has 0 aliphatic rings. The lowest BCUT2D eigenvalue weighted by Crippen LogP contribution is -2.14. The highest BCUT2D eigenvalue weighted by Crippen LogP contribution is 2.27. The molecule has 1 N–H and O–H groups in total. The van der Waals surface area contributed by atoms with Crippen LogP contribution in [0.3, 0.4) is 0 Å². The fourth-order valence-electron chi connectivity index (χ4n) is 3.28. The van der Waals surface area contributed by atoms with Gasteiger partial charge in [-0.25, -0.2) is 13.4 Å². The quantitative estimate of drug-likeness (QED) is 0.327. The summed E-state index contributed by atoms with van der Waals surface area (Å²) < 4.78 is 28.1. The molecule has 168 valence electrons. The summed E-state index contributed by atoms with van der Waals surface area (Å²) in [5, 5.41) is 2.87. The lowest BCUT2D eigenvalue weighted by atomic mass is 10.1. The number of hydrogen-bond acceptors (Lipinski definition) is 5. The minimum Gasteiger partial charge on any atom is -0.336 e. The standard InChI is InChI=1S/C24H21IN4O3S/c1-17-15-29(16-27-17)12-13-33(31,32)20-8-5-18(6-9-20)24(30)28-19-7-10-22(25)21(14-19)23-4-2-3-11-26-23/h2-11,14-16H,12-13H2,1H3,(H,28,30). The Hall–Kier alpha value is -3.05. The van der Waals surface area contributed by atoms with E-state index in [9.17, 15) is 13.2 Å². The molecule has 0 unspecified atom stereocenters. The number of sulfone groups is 1. The highest BCUT2D eigenvalue weighted by Gasteiger charge is 2.16. The number of halogens is 1. The number of carbonyl (C=O) groups excluding carboxylic acids is 1. The summed E-state index contributed by atoms with van der Waals surface area (Å²) in [6.07, 6.45) is 5.14. The second-order valence-electron chi connectivity index (χ2n) is 7.46. The lowest BCUT2D eigenvalue weighted by molar-refractivity contribution is 0.102. The van der Waals surface area contributed by atoms with Crippen LogP contribution in [0.2, 0.25) is 0 Å². The summed E-state index contributed by atoms with van der Waals surface area (Å²) in [7, 11) is -3.48. The molecule has 0 fully saturated rings. The van der Waals surface area contributed by atoms with Crippen LogP contribution in [0.4, 0.5) is 5.69 Å². The third kappa shape index (κ3) is 5.66. The van der Waals surface area contributed by atoms with E-state index in [0.29, 0.717) is 17.8 Å². The Balaban J connectivity index is 1.45. The summed E-state index contributed by atoms with van der Waals surface area (Å²) >= 11 is 2.23. The van der Waals surface area contributed by atoms with Gasteiger partial charge in [0.25, 0.3) is 5.91 Å². The van der Waals surface area contributed by atoms with E-state index in [2.05, 4.69) is 37.9 Å². The molecule has 2 aromatic heterocycles. The second kappa shape index (κ2) is 9.84. The fraction of sp³-hybridized carbons (Fsp3) is 0.125. The molecule has 0 saturated carbocycles. The van der Waals surface area contributed by atoms with Crippen LogP contribution in [0.15, 0.2) is 84.3 Å². The van der Waals surface area contributed by atoms with Gasteiger partial charge < -0.3 is 9.88 Å². The van der Waals surface area contributed by atoms with Gasteiger partial charge in [-0.05, 0) is 84.1 Å². The third-order valence-corrected chi connectivity index (χ3v) is 7.67. The Kier molecular flexibility index (Phi) is 6.89. The van der Waals surface area contributed by atoms with Crippen molar-refractivity contribution in [2.75, 3.05) is 11.1 Å². The van der Waals surface area contributed by atoms with E-state index >= 15 is 0 Å². The van der Waals surface area contributed by atoms with E-state index in [1.165, 1.54) is 24.3 Å².